The molecule has 0 spiro atoms. The maximum absolute atomic E-state index is 13.7. The Kier molecular flexibility index (Phi) is 5.20. The van der Waals surface area contributed by atoms with E-state index >= 15 is 0 Å². The van der Waals surface area contributed by atoms with Crippen molar-refractivity contribution >= 4 is 43.8 Å². The van der Waals surface area contributed by atoms with Crippen LogP contribution in [0.1, 0.15) is 6.99 Å². The van der Waals surface area contributed by atoms with Gasteiger partial charge >= 0.3 is 0 Å². The highest BCUT2D eigenvalue weighted by Crippen LogP contribution is 2.31. The zero-order valence-electron chi connectivity index (χ0n) is 15.1. The van der Waals surface area contributed by atoms with Gasteiger partial charge in [-0.25, -0.2) is 17.8 Å². The lowest BCUT2D eigenvalue weighted by molar-refractivity contribution is -0.116. The van der Waals surface area contributed by atoms with Gasteiger partial charge in [0.2, 0.25) is 5.91 Å². The Morgan fingerprint density at radius 1 is 1.28 bits per heavy atom. The van der Waals surface area contributed by atoms with Crippen molar-refractivity contribution in [3.63, 3.8) is 0 Å². The molecule has 152 valence electrons. The molecule has 0 fully saturated rings. The van der Waals surface area contributed by atoms with Crippen LogP contribution in [0.5, 0.6) is 0 Å². The average Bonchev–Trinajstić information content (AvgIpc) is 3.36. The van der Waals surface area contributed by atoms with E-state index < -0.39 is 15.8 Å². The Balaban J connectivity index is 0.00000256. The number of anilines is 3. The predicted octanol–water partition coefficient (Wildman–Crippen LogP) is 3.33. The maximum atomic E-state index is 13.7. The Hall–Kier alpha value is -2.98. The van der Waals surface area contributed by atoms with Gasteiger partial charge in [-0.05, 0) is 42.3 Å². The number of sulfonamides is 1. The molecular formula is C19H19FN4O3S2. The number of hydrogen-bond acceptors (Lipinski definition) is 6. The molecule has 29 heavy (non-hydrogen) atoms. The van der Waals surface area contributed by atoms with E-state index in [1.54, 1.807) is 40.6 Å². The van der Waals surface area contributed by atoms with Gasteiger partial charge in [0.25, 0.3) is 10.0 Å². The summed E-state index contributed by atoms with van der Waals surface area (Å²) in [6.07, 6.45) is 2.06. The lowest BCUT2D eigenvalue weighted by Gasteiger charge is -2.18. The number of para-hydroxylation sites is 1. The van der Waals surface area contributed by atoms with Gasteiger partial charge in [-0.15, -0.1) is 11.3 Å². The van der Waals surface area contributed by atoms with Gasteiger partial charge in [-0.2, -0.15) is 0 Å². The smallest absolute Gasteiger partial charge is 0.263 e. The van der Waals surface area contributed by atoms with Crippen LogP contribution in [-0.4, -0.2) is 32.4 Å². The fourth-order valence-corrected chi connectivity index (χ4v) is 4.96. The van der Waals surface area contributed by atoms with Crippen molar-refractivity contribution in [2.45, 2.75) is 11.3 Å². The van der Waals surface area contributed by atoms with Gasteiger partial charge in [-0.3, -0.25) is 9.52 Å². The zero-order chi connectivity index (χ0) is 20.4. The molecule has 4 rings (SSSR count). The van der Waals surface area contributed by atoms with Crippen molar-refractivity contribution in [1.82, 2.24) is 4.98 Å². The summed E-state index contributed by atoms with van der Waals surface area (Å²) in [5, 5.41) is 4.78. The number of nitrogens with zero attached hydrogens (tertiary/aromatic N) is 2. The number of rotatable bonds is 6. The Morgan fingerprint density at radius 2 is 2.10 bits per heavy atom. The second kappa shape index (κ2) is 7.80. The number of fused-ring (bicyclic) bond motifs is 1. The third-order valence-electron chi connectivity index (χ3n) is 4.52. The van der Waals surface area contributed by atoms with E-state index in [0.717, 1.165) is 5.56 Å². The van der Waals surface area contributed by atoms with Crippen LogP contribution in [0.15, 0.2) is 58.9 Å². The molecule has 1 aliphatic heterocycles. The molecule has 1 aromatic heterocycles. The third kappa shape index (κ3) is 4.08. The molecule has 10 heteroatoms. The standard InChI is InChI=1S/C19H17FN4O3S2.H2/c20-15-3-1-2-4-16(15)22-12-18(25)24-9-7-13-11-14(5-6-17(13)24)29(26,27)23-19-21-8-10-28-19;/h1-6,8,10-11,22H,7,9,12H2,(H,21,23);1H. The molecule has 2 aromatic carbocycles. The molecule has 0 aliphatic carbocycles. The van der Waals surface area contributed by atoms with Crippen molar-refractivity contribution < 1.29 is 19.0 Å². The minimum atomic E-state index is -3.75. The maximum Gasteiger partial charge on any atom is 0.263 e. The molecule has 0 saturated heterocycles. The molecule has 2 heterocycles. The number of hydrogen-bond donors (Lipinski definition) is 2. The molecule has 0 bridgehead atoms. The van der Waals surface area contributed by atoms with Crippen LogP contribution in [0.2, 0.25) is 0 Å². The molecule has 2 N–H and O–H groups in total. The summed E-state index contributed by atoms with van der Waals surface area (Å²) in [6.45, 7) is 0.378. The zero-order valence-corrected chi connectivity index (χ0v) is 16.8. The van der Waals surface area contributed by atoms with E-state index in [0.29, 0.717) is 23.8 Å². The van der Waals surface area contributed by atoms with Crippen molar-refractivity contribution in [2.24, 2.45) is 0 Å². The summed E-state index contributed by atoms with van der Waals surface area (Å²) < 4.78 is 41.2. The van der Waals surface area contributed by atoms with Gasteiger partial charge < -0.3 is 10.2 Å². The van der Waals surface area contributed by atoms with E-state index in [1.807, 2.05) is 0 Å². The third-order valence-corrected chi connectivity index (χ3v) is 6.67. The Labute approximate surface area is 172 Å². The van der Waals surface area contributed by atoms with E-state index in [4.69, 9.17) is 0 Å². The van der Waals surface area contributed by atoms with Crippen molar-refractivity contribution in [2.75, 3.05) is 28.0 Å². The molecule has 7 nitrogen and oxygen atoms in total. The second-order valence-electron chi connectivity index (χ2n) is 6.36. The summed E-state index contributed by atoms with van der Waals surface area (Å²) >= 11 is 1.19. The normalized spacial score (nSPS) is 13.2. The fourth-order valence-electron chi connectivity index (χ4n) is 3.12. The predicted molar refractivity (Wildman–Crippen MR) is 112 cm³/mol. The minimum absolute atomic E-state index is 0. The molecular weight excluding hydrogens is 415 g/mol. The molecule has 0 unspecified atom stereocenters. The highest BCUT2D eigenvalue weighted by atomic mass is 32.2. The summed E-state index contributed by atoms with van der Waals surface area (Å²) in [6, 6.07) is 10.8. The van der Waals surface area contributed by atoms with Gasteiger partial charge in [-0.1, -0.05) is 12.1 Å². The number of benzene rings is 2. The van der Waals surface area contributed by atoms with Crippen LogP contribution in [0.4, 0.5) is 20.9 Å². The number of carbonyl (C=O) groups is 1. The number of aromatic nitrogens is 1. The van der Waals surface area contributed by atoms with E-state index in [1.165, 1.54) is 29.7 Å². The number of carbonyl (C=O) groups excluding carboxylic acids is 1. The lowest BCUT2D eigenvalue weighted by Crippen LogP contribution is -2.34. The van der Waals surface area contributed by atoms with Gasteiger partial charge in [0.1, 0.15) is 5.82 Å². The summed E-state index contributed by atoms with van der Waals surface area (Å²) in [5.41, 5.74) is 1.69. The van der Waals surface area contributed by atoms with Gasteiger partial charge in [0.15, 0.2) is 5.13 Å². The summed E-state index contributed by atoms with van der Waals surface area (Å²) in [4.78, 5) is 18.2. The van der Waals surface area contributed by atoms with Gasteiger partial charge in [0, 0.05) is 25.2 Å². The SMILES string of the molecule is O=C(CNc1ccccc1F)N1CCc2cc(S(=O)(=O)Nc3nccs3)ccc21.[HH]. The van der Waals surface area contributed by atoms with Crippen LogP contribution in [0.3, 0.4) is 0 Å². The van der Waals surface area contributed by atoms with Crippen LogP contribution in [0.25, 0.3) is 0 Å². The first-order valence-corrected chi connectivity index (χ1v) is 11.1. The molecule has 0 radical (unpaired) electrons. The monoisotopic (exact) mass is 434 g/mol. The topological polar surface area (TPSA) is 91.4 Å². The van der Waals surface area contributed by atoms with Gasteiger partial charge in [0.05, 0.1) is 17.1 Å². The Bertz CT molecular complexity index is 1160. The van der Waals surface area contributed by atoms with Crippen molar-refractivity contribution in [3.05, 3.63) is 65.4 Å². The van der Waals surface area contributed by atoms with Crippen LogP contribution < -0.4 is 14.9 Å². The molecule has 3 aromatic rings. The van der Waals surface area contributed by atoms with E-state index in [9.17, 15) is 17.6 Å². The molecule has 0 atom stereocenters. The van der Waals surface area contributed by atoms with E-state index in [-0.39, 0.29) is 24.5 Å². The highest BCUT2D eigenvalue weighted by molar-refractivity contribution is 7.93. The number of halogens is 1. The molecule has 1 amide bonds. The highest BCUT2D eigenvalue weighted by Gasteiger charge is 2.27. The quantitative estimate of drug-likeness (QED) is 0.621. The minimum Gasteiger partial charge on any atom is -0.374 e. The van der Waals surface area contributed by atoms with Crippen LogP contribution in [0, 0.1) is 5.82 Å². The second-order valence-corrected chi connectivity index (χ2v) is 8.94. The van der Waals surface area contributed by atoms with Crippen LogP contribution in [-0.2, 0) is 21.2 Å². The first kappa shape index (κ1) is 19.3. The first-order valence-electron chi connectivity index (χ1n) is 8.78. The molecule has 1 aliphatic rings. The lowest BCUT2D eigenvalue weighted by atomic mass is 10.2. The number of amides is 1. The number of thiazole rings is 1. The van der Waals surface area contributed by atoms with E-state index in [2.05, 4.69) is 15.0 Å². The fraction of sp³-hybridized carbons (Fsp3) is 0.158. The van der Waals surface area contributed by atoms with Crippen molar-refractivity contribution in [1.29, 1.82) is 0 Å². The molecule has 0 saturated carbocycles. The summed E-state index contributed by atoms with van der Waals surface area (Å²) in [5.74, 6) is -0.645. The largest absolute Gasteiger partial charge is 0.374 e. The number of nitrogens with one attached hydrogen (secondary N) is 2. The first-order chi connectivity index (χ1) is 13.9. The average molecular weight is 435 g/mol. The van der Waals surface area contributed by atoms with Crippen molar-refractivity contribution in [3.8, 4) is 0 Å². The Morgan fingerprint density at radius 3 is 2.86 bits per heavy atom. The summed E-state index contributed by atoms with van der Waals surface area (Å²) in [7, 11) is -3.75. The van der Waals surface area contributed by atoms with Crippen LogP contribution >= 0.6 is 11.3 Å².